The SMILES string of the molecule is Cc1c(CC(C)(C)C(=O)O)cn2nc[nH]c(=O)c12. The average molecular weight is 249 g/mol. The Morgan fingerprint density at radius 2 is 2.22 bits per heavy atom. The maximum atomic E-state index is 11.7. The molecular formula is C12H15N3O3. The first kappa shape index (κ1) is 12.3. The average Bonchev–Trinajstić information content (AvgIpc) is 2.56. The maximum Gasteiger partial charge on any atom is 0.309 e. The molecule has 0 saturated heterocycles. The van der Waals surface area contributed by atoms with E-state index in [0.29, 0.717) is 11.9 Å². The minimum atomic E-state index is -0.873. The largest absolute Gasteiger partial charge is 0.481 e. The van der Waals surface area contributed by atoms with E-state index < -0.39 is 11.4 Å². The van der Waals surface area contributed by atoms with Gasteiger partial charge in [0, 0.05) is 6.20 Å². The first-order valence-corrected chi connectivity index (χ1v) is 5.61. The Balaban J connectivity index is 2.54. The number of carbonyl (C=O) groups is 1. The van der Waals surface area contributed by atoms with Crippen LogP contribution in [0.3, 0.4) is 0 Å². The molecule has 2 aromatic rings. The van der Waals surface area contributed by atoms with Crippen LogP contribution in [0.4, 0.5) is 0 Å². The van der Waals surface area contributed by atoms with Crippen molar-refractivity contribution in [3.63, 3.8) is 0 Å². The fourth-order valence-electron chi connectivity index (χ4n) is 1.95. The number of nitrogens with zero attached hydrogens (tertiary/aromatic N) is 2. The maximum absolute atomic E-state index is 11.7. The highest BCUT2D eigenvalue weighted by Gasteiger charge is 2.29. The number of nitrogens with one attached hydrogen (secondary N) is 1. The van der Waals surface area contributed by atoms with Gasteiger partial charge in [-0.2, -0.15) is 5.10 Å². The van der Waals surface area contributed by atoms with Gasteiger partial charge in [0.1, 0.15) is 11.8 Å². The third-order valence-corrected chi connectivity index (χ3v) is 3.15. The van der Waals surface area contributed by atoms with Gasteiger partial charge in [0.15, 0.2) is 0 Å². The first-order chi connectivity index (χ1) is 8.33. The van der Waals surface area contributed by atoms with Crippen LogP contribution in [0.5, 0.6) is 0 Å². The summed E-state index contributed by atoms with van der Waals surface area (Å²) in [6.45, 7) is 5.13. The molecule has 2 rings (SSSR count). The smallest absolute Gasteiger partial charge is 0.309 e. The van der Waals surface area contributed by atoms with Crippen LogP contribution in [0.2, 0.25) is 0 Å². The number of aryl methyl sites for hydroxylation is 1. The van der Waals surface area contributed by atoms with E-state index in [1.165, 1.54) is 10.8 Å². The van der Waals surface area contributed by atoms with Crippen LogP contribution in [0.25, 0.3) is 5.52 Å². The zero-order valence-electron chi connectivity index (χ0n) is 10.5. The molecule has 0 aromatic carbocycles. The molecule has 0 amide bonds. The van der Waals surface area contributed by atoms with E-state index in [2.05, 4.69) is 10.1 Å². The molecule has 0 bridgehead atoms. The number of carboxylic acid groups (broad SMARTS) is 1. The summed E-state index contributed by atoms with van der Waals surface area (Å²) >= 11 is 0. The Morgan fingerprint density at radius 1 is 1.56 bits per heavy atom. The third kappa shape index (κ3) is 1.90. The van der Waals surface area contributed by atoms with Crippen LogP contribution in [0.1, 0.15) is 25.0 Å². The summed E-state index contributed by atoms with van der Waals surface area (Å²) in [7, 11) is 0. The fourth-order valence-corrected chi connectivity index (χ4v) is 1.95. The molecule has 96 valence electrons. The first-order valence-electron chi connectivity index (χ1n) is 5.61. The predicted molar refractivity (Wildman–Crippen MR) is 65.7 cm³/mol. The lowest BCUT2D eigenvalue weighted by atomic mass is 9.86. The van der Waals surface area contributed by atoms with Gasteiger partial charge in [0.05, 0.1) is 5.41 Å². The molecule has 2 heterocycles. The van der Waals surface area contributed by atoms with E-state index in [0.717, 1.165) is 11.1 Å². The Bertz CT molecular complexity index is 667. The lowest BCUT2D eigenvalue weighted by molar-refractivity contribution is -0.146. The number of aromatic amines is 1. The lowest BCUT2D eigenvalue weighted by Gasteiger charge is -2.18. The van der Waals surface area contributed by atoms with Crippen LogP contribution in [0, 0.1) is 12.3 Å². The molecule has 0 aliphatic carbocycles. The Labute approximate surface area is 103 Å². The predicted octanol–water partition coefficient (Wildman–Crippen LogP) is 0.984. The van der Waals surface area contributed by atoms with E-state index in [1.54, 1.807) is 27.0 Å². The molecular weight excluding hydrogens is 234 g/mol. The molecule has 6 nitrogen and oxygen atoms in total. The van der Waals surface area contributed by atoms with Crippen molar-refractivity contribution in [2.24, 2.45) is 5.41 Å². The van der Waals surface area contributed by atoms with Crippen molar-refractivity contribution >= 4 is 11.5 Å². The summed E-state index contributed by atoms with van der Waals surface area (Å²) in [6.07, 6.45) is 3.39. The molecule has 2 aromatic heterocycles. The summed E-state index contributed by atoms with van der Waals surface area (Å²) < 4.78 is 1.49. The molecule has 0 spiro atoms. The van der Waals surface area contributed by atoms with Gasteiger partial charge in [-0.3, -0.25) is 9.59 Å². The fraction of sp³-hybridized carbons (Fsp3) is 0.417. The molecule has 0 aliphatic rings. The van der Waals surface area contributed by atoms with Gasteiger partial charge < -0.3 is 10.1 Å². The highest BCUT2D eigenvalue weighted by atomic mass is 16.4. The van der Waals surface area contributed by atoms with E-state index in [1.807, 2.05) is 0 Å². The Morgan fingerprint density at radius 3 is 2.78 bits per heavy atom. The van der Waals surface area contributed by atoms with E-state index in [4.69, 9.17) is 5.11 Å². The van der Waals surface area contributed by atoms with Gasteiger partial charge in [-0.05, 0) is 38.3 Å². The molecule has 6 heteroatoms. The standard InChI is InChI=1S/C12H15N3O3/c1-7-8(4-12(2,3)11(17)18)5-15-9(7)10(16)13-6-14-15/h5-6H,4H2,1-3H3,(H,17,18)(H,13,14,16). The highest BCUT2D eigenvalue weighted by molar-refractivity contribution is 5.74. The zero-order chi connectivity index (χ0) is 13.5. The summed E-state index contributed by atoms with van der Waals surface area (Å²) in [5.41, 5.74) is 0.975. The monoisotopic (exact) mass is 249 g/mol. The van der Waals surface area contributed by atoms with Crippen molar-refractivity contribution < 1.29 is 9.90 Å². The number of fused-ring (bicyclic) bond motifs is 1. The zero-order valence-corrected chi connectivity index (χ0v) is 10.5. The van der Waals surface area contributed by atoms with Crippen LogP contribution in [-0.2, 0) is 11.2 Å². The minimum Gasteiger partial charge on any atom is -0.481 e. The number of aromatic nitrogens is 3. The van der Waals surface area contributed by atoms with Gasteiger partial charge in [-0.25, -0.2) is 4.52 Å². The van der Waals surface area contributed by atoms with Crippen molar-refractivity contribution in [2.45, 2.75) is 27.2 Å². The third-order valence-electron chi connectivity index (χ3n) is 3.15. The summed E-state index contributed by atoms with van der Waals surface area (Å²) in [5, 5.41) is 13.1. The van der Waals surface area contributed by atoms with Crippen molar-refractivity contribution in [3.05, 3.63) is 34.0 Å². The Kier molecular flexibility index (Phi) is 2.73. The summed E-state index contributed by atoms with van der Waals surface area (Å²) in [6, 6.07) is 0. The quantitative estimate of drug-likeness (QED) is 0.849. The number of rotatable bonds is 3. The number of aliphatic carboxylic acids is 1. The number of hydrogen-bond donors (Lipinski definition) is 2. The van der Waals surface area contributed by atoms with E-state index >= 15 is 0 Å². The van der Waals surface area contributed by atoms with Crippen molar-refractivity contribution in [1.82, 2.24) is 14.6 Å². The van der Waals surface area contributed by atoms with Crippen LogP contribution < -0.4 is 5.56 Å². The minimum absolute atomic E-state index is 0.220. The number of H-pyrrole nitrogens is 1. The topological polar surface area (TPSA) is 87.5 Å². The van der Waals surface area contributed by atoms with Crippen LogP contribution in [0.15, 0.2) is 17.3 Å². The molecule has 0 atom stereocenters. The van der Waals surface area contributed by atoms with Gasteiger partial charge in [0.2, 0.25) is 0 Å². The summed E-state index contributed by atoms with van der Waals surface area (Å²) in [5.74, 6) is -0.862. The number of hydrogen-bond acceptors (Lipinski definition) is 3. The van der Waals surface area contributed by atoms with E-state index in [-0.39, 0.29) is 5.56 Å². The van der Waals surface area contributed by atoms with E-state index in [9.17, 15) is 9.59 Å². The number of carboxylic acids is 1. The van der Waals surface area contributed by atoms with Crippen LogP contribution >= 0.6 is 0 Å². The second-order valence-electron chi connectivity index (χ2n) is 5.06. The van der Waals surface area contributed by atoms with Crippen LogP contribution in [-0.4, -0.2) is 25.7 Å². The van der Waals surface area contributed by atoms with Gasteiger partial charge >= 0.3 is 5.97 Å². The van der Waals surface area contributed by atoms with Crippen molar-refractivity contribution in [2.75, 3.05) is 0 Å². The second-order valence-corrected chi connectivity index (χ2v) is 5.06. The second kappa shape index (κ2) is 3.97. The molecule has 0 aliphatic heterocycles. The summed E-state index contributed by atoms with van der Waals surface area (Å²) in [4.78, 5) is 25.3. The normalized spacial score (nSPS) is 11.9. The molecule has 0 radical (unpaired) electrons. The Hall–Kier alpha value is -2.11. The van der Waals surface area contributed by atoms with Gasteiger partial charge in [-0.15, -0.1) is 0 Å². The van der Waals surface area contributed by atoms with Crippen molar-refractivity contribution in [3.8, 4) is 0 Å². The molecule has 0 saturated carbocycles. The lowest BCUT2D eigenvalue weighted by Crippen LogP contribution is -2.26. The molecule has 2 N–H and O–H groups in total. The molecule has 0 unspecified atom stereocenters. The van der Waals surface area contributed by atoms with Gasteiger partial charge in [-0.1, -0.05) is 0 Å². The van der Waals surface area contributed by atoms with Crippen molar-refractivity contribution in [1.29, 1.82) is 0 Å². The molecule has 18 heavy (non-hydrogen) atoms. The molecule has 0 fully saturated rings. The highest BCUT2D eigenvalue weighted by Crippen LogP contribution is 2.25. The van der Waals surface area contributed by atoms with Gasteiger partial charge in [0.25, 0.3) is 5.56 Å².